The largest absolute Gasteiger partial charge is 0.375 e. The van der Waals surface area contributed by atoms with Crippen molar-refractivity contribution < 1.29 is 0 Å². The zero-order valence-corrected chi connectivity index (χ0v) is 12.7. The molecule has 0 atom stereocenters. The molecule has 0 aliphatic carbocycles. The maximum Gasteiger partial charge on any atom is 0.184 e. The number of hydrogen-bond donors (Lipinski definition) is 2. The Morgan fingerprint density at radius 3 is 2.65 bits per heavy atom. The van der Waals surface area contributed by atoms with Gasteiger partial charge in [0.05, 0.1) is 23.2 Å². The van der Waals surface area contributed by atoms with Crippen LogP contribution in [0.3, 0.4) is 0 Å². The molecule has 0 aliphatic rings. The molecule has 20 heavy (non-hydrogen) atoms. The van der Waals surface area contributed by atoms with Crippen LogP contribution in [0, 0.1) is 13.8 Å². The average molecular weight is 308 g/mol. The van der Waals surface area contributed by atoms with E-state index < -0.39 is 0 Å². The highest BCUT2D eigenvalue weighted by Gasteiger charge is 2.12. The van der Waals surface area contributed by atoms with Crippen LogP contribution in [-0.2, 0) is 0 Å². The summed E-state index contributed by atoms with van der Waals surface area (Å²) in [6.07, 6.45) is 1.55. The van der Waals surface area contributed by atoms with Crippen LogP contribution < -0.4 is 11.2 Å². The predicted octanol–water partition coefficient (Wildman–Crippen LogP) is 2.31. The lowest BCUT2D eigenvalue weighted by molar-refractivity contribution is 0.863. The molecule has 5 nitrogen and oxygen atoms in total. The van der Waals surface area contributed by atoms with E-state index >= 15 is 0 Å². The van der Waals surface area contributed by atoms with Crippen molar-refractivity contribution in [3.05, 3.63) is 46.2 Å². The van der Waals surface area contributed by atoms with Gasteiger partial charge in [-0.05, 0) is 38.2 Å². The number of nitrogens with two attached hydrogens (primary N) is 1. The van der Waals surface area contributed by atoms with Crippen LogP contribution in [0.1, 0.15) is 16.8 Å². The van der Waals surface area contributed by atoms with Gasteiger partial charge in [0.1, 0.15) is 5.15 Å². The number of nitrogens with zero attached hydrogens (tertiary/aromatic N) is 3. The van der Waals surface area contributed by atoms with Gasteiger partial charge in [-0.1, -0.05) is 29.3 Å². The highest BCUT2D eigenvalue weighted by atomic mass is 35.5. The molecule has 0 bridgehead atoms. The second kappa shape index (κ2) is 6.02. The fraction of sp³-hybridized carbons (Fsp3) is 0.154. The smallest absolute Gasteiger partial charge is 0.184 e. The van der Waals surface area contributed by atoms with E-state index in [0.717, 1.165) is 16.9 Å². The summed E-state index contributed by atoms with van der Waals surface area (Å²) < 4.78 is 1.67. The average Bonchev–Trinajstić information content (AvgIpc) is 2.67. The van der Waals surface area contributed by atoms with Gasteiger partial charge < -0.3 is 5.73 Å². The molecule has 2 aromatic rings. The first kappa shape index (κ1) is 14.5. The number of aryl methyl sites for hydroxylation is 2. The Kier molecular flexibility index (Phi) is 4.36. The normalized spacial score (nSPS) is 10.9. The van der Waals surface area contributed by atoms with Gasteiger partial charge in [0.15, 0.2) is 5.11 Å². The van der Waals surface area contributed by atoms with E-state index in [-0.39, 0.29) is 5.11 Å². The number of hydrogen-bond acceptors (Lipinski definition) is 3. The summed E-state index contributed by atoms with van der Waals surface area (Å²) in [6.45, 7) is 3.89. The van der Waals surface area contributed by atoms with Crippen molar-refractivity contribution in [2.45, 2.75) is 13.8 Å². The zero-order chi connectivity index (χ0) is 14.7. The molecule has 0 aliphatic heterocycles. The van der Waals surface area contributed by atoms with E-state index in [4.69, 9.17) is 17.3 Å². The van der Waals surface area contributed by atoms with Crippen molar-refractivity contribution in [3.63, 3.8) is 0 Å². The first-order valence-corrected chi connectivity index (χ1v) is 6.68. The Morgan fingerprint density at radius 2 is 2.05 bits per heavy atom. The van der Waals surface area contributed by atoms with Crippen LogP contribution in [0.4, 0.5) is 0 Å². The van der Waals surface area contributed by atoms with Crippen molar-refractivity contribution >= 4 is 35.1 Å². The second-order valence-electron chi connectivity index (χ2n) is 4.27. The topological polar surface area (TPSA) is 68.2 Å². The molecule has 1 aromatic carbocycles. The van der Waals surface area contributed by atoms with Crippen molar-refractivity contribution in [3.8, 4) is 5.69 Å². The van der Waals surface area contributed by atoms with Gasteiger partial charge in [-0.2, -0.15) is 10.2 Å². The van der Waals surface area contributed by atoms with Gasteiger partial charge in [-0.3, -0.25) is 5.43 Å². The minimum Gasteiger partial charge on any atom is -0.375 e. The molecule has 0 fully saturated rings. The zero-order valence-electron chi connectivity index (χ0n) is 11.1. The molecule has 0 unspecified atom stereocenters. The quantitative estimate of drug-likeness (QED) is 0.519. The lowest BCUT2D eigenvalue weighted by Gasteiger charge is -2.03. The SMILES string of the molecule is Cc1ccc(-n2nc(C)c(/C=N/NC(N)=S)c2Cl)cc1. The van der Waals surface area contributed by atoms with Crippen molar-refractivity contribution in [2.75, 3.05) is 0 Å². The van der Waals surface area contributed by atoms with Crippen LogP contribution in [0.5, 0.6) is 0 Å². The van der Waals surface area contributed by atoms with Crippen molar-refractivity contribution in [2.24, 2.45) is 10.8 Å². The molecule has 0 saturated heterocycles. The molecule has 0 spiro atoms. The molecule has 7 heteroatoms. The fourth-order valence-corrected chi connectivity index (χ4v) is 2.05. The van der Waals surface area contributed by atoms with Crippen LogP contribution in [0.2, 0.25) is 5.15 Å². The lowest BCUT2D eigenvalue weighted by atomic mass is 10.2. The molecule has 0 radical (unpaired) electrons. The van der Waals surface area contributed by atoms with Gasteiger partial charge in [-0.15, -0.1) is 0 Å². The van der Waals surface area contributed by atoms with E-state index in [1.54, 1.807) is 10.9 Å². The van der Waals surface area contributed by atoms with Gasteiger partial charge in [0.2, 0.25) is 0 Å². The summed E-state index contributed by atoms with van der Waals surface area (Å²) >= 11 is 11.0. The van der Waals surface area contributed by atoms with Gasteiger partial charge in [0.25, 0.3) is 0 Å². The van der Waals surface area contributed by atoms with Crippen molar-refractivity contribution in [1.29, 1.82) is 0 Å². The Labute approximate surface area is 127 Å². The predicted molar refractivity (Wildman–Crippen MR) is 85.6 cm³/mol. The maximum absolute atomic E-state index is 6.34. The summed E-state index contributed by atoms with van der Waals surface area (Å²) in [5.74, 6) is 0. The first-order valence-electron chi connectivity index (χ1n) is 5.89. The Morgan fingerprint density at radius 1 is 1.40 bits per heavy atom. The summed E-state index contributed by atoms with van der Waals surface area (Å²) in [5.41, 5.74) is 11.3. The third-order valence-corrected chi connectivity index (χ3v) is 3.15. The number of thiocarbonyl (C=S) groups is 1. The molecule has 3 N–H and O–H groups in total. The van der Waals surface area contributed by atoms with Crippen LogP contribution in [-0.4, -0.2) is 21.1 Å². The summed E-state index contributed by atoms with van der Waals surface area (Å²) in [7, 11) is 0. The van der Waals surface area contributed by atoms with E-state index in [9.17, 15) is 0 Å². The van der Waals surface area contributed by atoms with E-state index in [2.05, 4.69) is 27.8 Å². The second-order valence-corrected chi connectivity index (χ2v) is 5.07. The minimum absolute atomic E-state index is 0.0981. The highest BCUT2D eigenvalue weighted by molar-refractivity contribution is 7.80. The molecule has 1 aromatic heterocycles. The molecule has 0 saturated carbocycles. The molecular formula is C13H14ClN5S. The third kappa shape index (κ3) is 3.15. The number of nitrogens with one attached hydrogen (secondary N) is 1. The van der Waals surface area contributed by atoms with Gasteiger partial charge >= 0.3 is 0 Å². The number of hydrazone groups is 1. The van der Waals surface area contributed by atoms with E-state index in [1.165, 1.54) is 5.56 Å². The summed E-state index contributed by atoms with van der Waals surface area (Å²) in [6, 6.07) is 7.93. The maximum atomic E-state index is 6.34. The first-order chi connectivity index (χ1) is 9.49. The van der Waals surface area contributed by atoms with Crippen molar-refractivity contribution in [1.82, 2.24) is 15.2 Å². The Balaban J connectivity index is 2.35. The highest BCUT2D eigenvalue weighted by Crippen LogP contribution is 2.22. The summed E-state index contributed by atoms with van der Waals surface area (Å²) in [5, 5.41) is 8.90. The standard InChI is InChI=1S/C13H14ClN5S/c1-8-3-5-10(6-4-8)19-12(14)11(9(2)18-19)7-16-17-13(15)20/h3-7H,1-2H3,(H3,15,17,20)/b16-7+. The molecule has 2 rings (SSSR count). The fourth-order valence-electron chi connectivity index (χ4n) is 1.68. The summed E-state index contributed by atoms with van der Waals surface area (Å²) in [4.78, 5) is 0. The van der Waals surface area contributed by atoms with Gasteiger partial charge in [0, 0.05) is 0 Å². The number of rotatable bonds is 3. The third-order valence-electron chi connectivity index (χ3n) is 2.69. The molecule has 0 amide bonds. The number of aromatic nitrogens is 2. The van der Waals surface area contributed by atoms with Crippen LogP contribution in [0.25, 0.3) is 5.69 Å². The van der Waals surface area contributed by atoms with E-state index in [1.807, 2.05) is 38.1 Å². The number of benzene rings is 1. The van der Waals surface area contributed by atoms with E-state index in [0.29, 0.717) is 5.15 Å². The minimum atomic E-state index is 0.0981. The number of halogens is 1. The van der Waals surface area contributed by atoms with Gasteiger partial charge in [-0.25, -0.2) is 4.68 Å². The Bertz CT molecular complexity index is 660. The van der Waals surface area contributed by atoms with Crippen LogP contribution >= 0.6 is 23.8 Å². The monoisotopic (exact) mass is 307 g/mol. The Hall–Kier alpha value is -1.92. The lowest BCUT2D eigenvalue weighted by Crippen LogP contribution is -2.24. The molecular weight excluding hydrogens is 294 g/mol. The molecule has 104 valence electrons. The molecule has 1 heterocycles. The van der Waals surface area contributed by atoms with Crippen LogP contribution in [0.15, 0.2) is 29.4 Å².